The van der Waals surface area contributed by atoms with Crippen LogP contribution in [0.5, 0.6) is 0 Å². The maximum Gasteiger partial charge on any atom is 0.391 e. The first kappa shape index (κ1) is 19.8. The summed E-state index contributed by atoms with van der Waals surface area (Å²) in [6.07, 6.45) is -12.2. The summed E-state index contributed by atoms with van der Waals surface area (Å²) < 4.78 is 73.0. The molecule has 0 aliphatic heterocycles. The normalized spacial score (nSPS) is 13.4. The molecule has 1 amide bonds. The topological polar surface area (TPSA) is 66.4 Å². The van der Waals surface area contributed by atoms with E-state index in [1.807, 2.05) is 0 Å². The van der Waals surface area contributed by atoms with E-state index in [1.54, 1.807) is 5.32 Å². The third-order valence-corrected chi connectivity index (χ3v) is 2.95. The molecule has 1 aromatic rings. The van der Waals surface area contributed by atoms with Crippen LogP contribution in [0, 0.1) is 0 Å². The smallest absolute Gasteiger partial charge is 0.391 e. The van der Waals surface area contributed by atoms with Crippen molar-refractivity contribution in [2.45, 2.75) is 37.7 Å². The second-order valence-electron chi connectivity index (χ2n) is 5.00. The lowest BCUT2D eigenvalue weighted by Crippen LogP contribution is -2.43. The van der Waals surface area contributed by atoms with Crippen LogP contribution in [-0.4, -0.2) is 35.4 Å². The summed E-state index contributed by atoms with van der Waals surface area (Å²) >= 11 is 0. The van der Waals surface area contributed by atoms with E-state index in [4.69, 9.17) is 5.11 Å². The second-order valence-corrected chi connectivity index (χ2v) is 5.00. The zero-order chi connectivity index (χ0) is 18.5. The second kappa shape index (κ2) is 7.54. The van der Waals surface area contributed by atoms with Gasteiger partial charge in [0.1, 0.15) is 6.04 Å². The molecule has 134 valence electrons. The average Bonchev–Trinajstić information content (AvgIpc) is 2.42. The Labute approximate surface area is 132 Å². The molecule has 0 aliphatic rings. The van der Waals surface area contributed by atoms with Gasteiger partial charge in [-0.3, -0.25) is 4.79 Å². The molecule has 0 aliphatic carbocycles. The maximum absolute atomic E-state index is 12.2. The lowest BCUT2D eigenvalue weighted by Gasteiger charge is -2.16. The van der Waals surface area contributed by atoms with Crippen LogP contribution < -0.4 is 5.32 Å². The molecule has 24 heavy (non-hydrogen) atoms. The summed E-state index contributed by atoms with van der Waals surface area (Å²) in [6.45, 7) is 0. The Balaban J connectivity index is 2.71. The maximum atomic E-state index is 12.2. The molecule has 1 rings (SSSR count). The summed E-state index contributed by atoms with van der Waals surface area (Å²) in [6, 6.07) is 2.53. The van der Waals surface area contributed by atoms with Crippen molar-refractivity contribution in [3.8, 4) is 0 Å². The molecule has 4 nitrogen and oxygen atoms in total. The summed E-state index contributed by atoms with van der Waals surface area (Å²) in [5.41, 5.74) is 0.133. The number of halogens is 6. The van der Waals surface area contributed by atoms with Crippen LogP contribution in [0.3, 0.4) is 0 Å². The number of benzene rings is 1. The molecule has 10 heteroatoms. The SMILES string of the molecule is O=C(NC(CC(F)(F)F)C(=O)O)c1ccc(CCC(F)(F)F)cc1. The van der Waals surface area contributed by atoms with Crippen molar-refractivity contribution in [2.75, 3.05) is 0 Å². The van der Waals surface area contributed by atoms with Crippen LogP contribution >= 0.6 is 0 Å². The molecular weight excluding hydrogens is 344 g/mol. The van der Waals surface area contributed by atoms with Gasteiger partial charge in [-0.25, -0.2) is 4.79 Å². The zero-order valence-electron chi connectivity index (χ0n) is 12.0. The largest absolute Gasteiger partial charge is 0.480 e. The van der Waals surface area contributed by atoms with Crippen molar-refractivity contribution in [1.29, 1.82) is 0 Å². The van der Waals surface area contributed by atoms with Crippen LogP contribution in [0.1, 0.15) is 28.8 Å². The van der Waals surface area contributed by atoms with Crippen molar-refractivity contribution in [1.82, 2.24) is 5.32 Å². The van der Waals surface area contributed by atoms with E-state index >= 15 is 0 Å². The van der Waals surface area contributed by atoms with Crippen molar-refractivity contribution in [3.63, 3.8) is 0 Å². The highest BCUT2D eigenvalue weighted by Crippen LogP contribution is 2.23. The van der Waals surface area contributed by atoms with Crippen LogP contribution in [0.2, 0.25) is 0 Å². The average molecular weight is 357 g/mol. The van der Waals surface area contributed by atoms with Crippen LogP contribution in [0.15, 0.2) is 24.3 Å². The minimum absolute atomic E-state index is 0.154. The molecule has 0 spiro atoms. The molecule has 0 fully saturated rings. The fourth-order valence-corrected chi connectivity index (χ4v) is 1.78. The third kappa shape index (κ3) is 7.34. The predicted octanol–water partition coefficient (Wildman–Crippen LogP) is 3.32. The Hall–Kier alpha value is -2.26. The number of amides is 1. The Kier molecular flexibility index (Phi) is 6.22. The summed E-state index contributed by atoms with van der Waals surface area (Å²) in [5, 5.41) is 10.4. The van der Waals surface area contributed by atoms with Crippen molar-refractivity contribution >= 4 is 11.9 Å². The van der Waals surface area contributed by atoms with Gasteiger partial charge in [0.2, 0.25) is 0 Å². The van der Waals surface area contributed by atoms with Crippen LogP contribution in [0.25, 0.3) is 0 Å². The fraction of sp³-hybridized carbons (Fsp3) is 0.429. The Morgan fingerprint density at radius 1 is 1.00 bits per heavy atom. The van der Waals surface area contributed by atoms with Crippen molar-refractivity contribution in [3.05, 3.63) is 35.4 Å². The number of carboxylic acid groups (broad SMARTS) is 1. The number of carbonyl (C=O) groups is 2. The van der Waals surface area contributed by atoms with Crippen molar-refractivity contribution in [2.24, 2.45) is 0 Å². The van der Waals surface area contributed by atoms with E-state index in [1.165, 1.54) is 12.1 Å². The molecule has 0 bridgehead atoms. The number of hydrogen-bond acceptors (Lipinski definition) is 2. The van der Waals surface area contributed by atoms with E-state index in [0.29, 0.717) is 0 Å². The Morgan fingerprint density at radius 3 is 1.96 bits per heavy atom. The molecule has 0 saturated carbocycles. The van der Waals surface area contributed by atoms with Gasteiger partial charge in [-0.2, -0.15) is 26.3 Å². The molecule has 0 heterocycles. The molecule has 0 aromatic heterocycles. The molecule has 1 aromatic carbocycles. The lowest BCUT2D eigenvalue weighted by molar-refractivity contribution is -0.157. The number of aryl methyl sites for hydroxylation is 1. The summed E-state index contributed by atoms with van der Waals surface area (Å²) in [5.74, 6) is -2.91. The van der Waals surface area contributed by atoms with Gasteiger partial charge in [0.15, 0.2) is 0 Å². The molecule has 2 N–H and O–H groups in total. The number of alkyl halides is 6. The zero-order valence-corrected chi connectivity index (χ0v) is 12.0. The minimum Gasteiger partial charge on any atom is -0.480 e. The number of carbonyl (C=O) groups excluding carboxylic acids is 1. The molecular formula is C14H13F6NO3. The molecule has 1 atom stereocenters. The van der Waals surface area contributed by atoms with Gasteiger partial charge in [0.05, 0.1) is 6.42 Å². The summed E-state index contributed by atoms with van der Waals surface area (Å²) in [7, 11) is 0. The third-order valence-electron chi connectivity index (χ3n) is 2.95. The van der Waals surface area contributed by atoms with Crippen LogP contribution in [0.4, 0.5) is 26.3 Å². The van der Waals surface area contributed by atoms with E-state index < -0.39 is 43.1 Å². The molecule has 1 unspecified atom stereocenters. The van der Waals surface area contributed by atoms with Crippen molar-refractivity contribution < 1.29 is 41.0 Å². The minimum atomic E-state index is -4.78. The summed E-state index contributed by atoms with van der Waals surface area (Å²) in [4.78, 5) is 22.5. The van der Waals surface area contributed by atoms with Gasteiger partial charge in [-0.05, 0) is 24.1 Å². The Morgan fingerprint density at radius 2 is 1.54 bits per heavy atom. The first-order valence-corrected chi connectivity index (χ1v) is 6.63. The lowest BCUT2D eigenvalue weighted by atomic mass is 10.1. The standard InChI is InChI=1S/C14H13F6NO3/c15-13(16,17)6-5-8-1-3-9(4-2-8)11(22)21-10(12(23)24)7-14(18,19)20/h1-4,10H,5-7H2,(H,21,22)(H,23,24). The van der Waals surface area contributed by atoms with Crippen LogP contribution in [-0.2, 0) is 11.2 Å². The fourth-order valence-electron chi connectivity index (χ4n) is 1.78. The van der Waals surface area contributed by atoms with Gasteiger partial charge in [0, 0.05) is 12.0 Å². The number of rotatable bonds is 6. The first-order chi connectivity index (χ1) is 10.9. The van der Waals surface area contributed by atoms with E-state index in [2.05, 4.69) is 0 Å². The van der Waals surface area contributed by atoms with Gasteiger partial charge in [-0.1, -0.05) is 12.1 Å². The van der Waals surface area contributed by atoms with E-state index in [9.17, 15) is 35.9 Å². The highest BCUT2D eigenvalue weighted by molar-refractivity contribution is 5.96. The monoisotopic (exact) mass is 357 g/mol. The molecule has 0 radical (unpaired) electrons. The van der Waals surface area contributed by atoms with Gasteiger partial charge in [0.25, 0.3) is 5.91 Å². The highest BCUT2D eigenvalue weighted by Gasteiger charge is 2.36. The van der Waals surface area contributed by atoms with E-state index in [0.717, 1.165) is 12.1 Å². The first-order valence-electron chi connectivity index (χ1n) is 6.63. The number of carboxylic acids is 1. The number of nitrogens with one attached hydrogen (secondary N) is 1. The van der Waals surface area contributed by atoms with Gasteiger partial charge in [-0.15, -0.1) is 0 Å². The van der Waals surface area contributed by atoms with E-state index in [-0.39, 0.29) is 17.5 Å². The predicted molar refractivity (Wildman–Crippen MR) is 70.4 cm³/mol. The number of aliphatic carboxylic acids is 1. The quantitative estimate of drug-likeness (QED) is 0.768. The number of hydrogen-bond donors (Lipinski definition) is 2. The Bertz CT molecular complexity index is 580. The van der Waals surface area contributed by atoms with Gasteiger partial charge < -0.3 is 10.4 Å². The van der Waals surface area contributed by atoms with Gasteiger partial charge >= 0.3 is 18.3 Å². The highest BCUT2D eigenvalue weighted by atomic mass is 19.4. The molecule has 0 saturated heterocycles.